The number of amides is 1. The van der Waals surface area contributed by atoms with Gasteiger partial charge in [0.05, 0.1) is 13.0 Å². The molecule has 1 saturated heterocycles. The average Bonchev–Trinajstić information content (AvgIpc) is 2.38. The molecule has 1 amide bonds. The fourth-order valence-electron chi connectivity index (χ4n) is 2.90. The minimum Gasteiger partial charge on any atom is -0.493 e. The lowest BCUT2D eigenvalue weighted by molar-refractivity contribution is -0.137. The zero-order valence-electron chi connectivity index (χ0n) is 12.3. The van der Waals surface area contributed by atoms with Gasteiger partial charge in [-0.1, -0.05) is 6.07 Å². The summed E-state index contributed by atoms with van der Waals surface area (Å²) >= 11 is 0. The van der Waals surface area contributed by atoms with Crippen LogP contribution in [0.5, 0.6) is 5.75 Å². The molecule has 1 heterocycles. The second kappa shape index (κ2) is 6.64. The third-order valence-corrected chi connectivity index (χ3v) is 3.92. The first-order valence-electron chi connectivity index (χ1n) is 7.37. The van der Waals surface area contributed by atoms with Gasteiger partial charge in [0.25, 0.3) is 0 Å². The Morgan fingerprint density at radius 2 is 2.05 bits per heavy atom. The monoisotopic (exact) mass is 276 g/mol. The largest absolute Gasteiger partial charge is 0.493 e. The number of rotatable bonds is 4. The van der Waals surface area contributed by atoms with Crippen molar-refractivity contribution in [3.8, 4) is 5.75 Å². The van der Waals surface area contributed by atoms with Gasteiger partial charge in [-0.2, -0.15) is 0 Å². The van der Waals surface area contributed by atoms with Crippen LogP contribution in [0, 0.1) is 0 Å². The number of hydrogen-bond acceptors (Lipinski definition) is 3. The lowest BCUT2D eigenvalue weighted by Gasteiger charge is -2.39. The molecule has 110 valence electrons. The third-order valence-electron chi connectivity index (χ3n) is 3.92. The van der Waals surface area contributed by atoms with Gasteiger partial charge in [-0.3, -0.25) is 4.79 Å². The highest BCUT2D eigenvalue weighted by atomic mass is 16.5. The van der Waals surface area contributed by atoms with Crippen molar-refractivity contribution in [3.05, 3.63) is 24.3 Å². The van der Waals surface area contributed by atoms with Crippen molar-refractivity contribution in [1.29, 1.82) is 0 Å². The summed E-state index contributed by atoms with van der Waals surface area (Å²) in [6.07, 6.45) is 3.84. The molecular weight excluding hydrogens is 252 g/mol. The minimum absolute atomic E-state index is 0.189. The molecule has 1 aliphatic rings. The average molecular weight is 276 g/mol. The van der Waals surface area contributed by atoms with E-state index >= 15 is 0 Å². The van der Waals surface area contributed by atoms with Crippen molar-refractivity contribution in [2.75, 3.05) is 12.3 Å². The molecule has 2 N–H and O–H groups in total. The molecule has 0 saturated carbocycles. The fraction of sp³-hybridized carbons (Fsp3) is 0.562. The maximum Gasteiger partial charge on any atom is 0.226 e. The maximum atomic E-state index is 12.3. The van der Waals surface area contributed by atoms with E-state index in [0.29, 0.717) is 30.8 Å². The Morgan fingerprint density at radius 1 is 1.35 bits per heavy atom. The molecule has 0 unspecified atom stereocenters. The highest BCUT2D eigenvalue weighted by molar-refractivity contribution is 5.77. The van der Waals surface area contributed by atoms with Crippen LogP contribution in [0.15, 0.2) is 24.3 Å². The predicted octanol–water partition coefficient (Wildman–Crippen LogP) is 2.83. The first kappa shape index (κ1) is 14.7. The molecular formula is C16H24N2O2. The number of piperidine rings is 1. The number of nitrogen functional groups attached to an aromatic ring is 1. The molecule has 2 atom stereocenters. The van der Waals surface area contributed by atoms with E-state index in [-0.39, 0.29) is 5.91 Å². The summed E-state index contributed by atoms with van der Waals surface area (Å²) in [5.74, 6) is 0.908. The summed E-state index contributed by atoms with van der Waals surface area (Å²) in [5.41, 5.74) is 6.36. The van der Waals surface area contributed by atoms with E-state index in [9.17, 15) is 4.79 Å². The Morgan fingerprint density at radius 3 is 2.70 bits per heavy atom. The highest BCUT2D eigenvalue weighted by Gasteiger charge is 2.28. The van der Waals surface area contributed by atoms with Crippen LogP contribution in [0.3, 0.4) is 0 Å². The zero-order valence-corrected chi connectivity index (χ0v) is 12.3. The van der Waals surface area contributed by atoms with Gasteiger partial charge in [-0.15, -0.1) is 0 Å². The summed E-state index contributed by atoms with van der Waals surface area (Å²) in [7, 11) is 0. The van der Waals surface area contributed by atoms with Crippen LogP contribution >= 0.6 is 0 Å². The molecule has 4 nitrogen and oxygen atoms in total. The van der Waals surface area contributed by atoms with Gasteiger partial charge < -0.3 is 15.4 Å². The third kappa shape index (κ3) is 3.65. The van der Waals surface area contributed by atoms with E-state index in [1.165, 1.54) is 6.42 Å². The van der Waals surface area contributed by atoms with Gasteiger partial charge in [0, 0.05) is 23.8 Å². The zero-order chi connectivity index (χ0) is 14.5. The van der Waals surface area contributed by atoms with Crippen LogP contribution in [0.25, 0.3) is 0 Å². The van der Waals surface area contributed by atoms with Crippen molar-refractivity contribution in [1.82, 2.24) is 4.90 Å². The Hall–Kier alpha value is -1.71. The standard InChI is InChI=1S/C16H24N2O2/c1-12-5-3-6-13(2)18(12)16(19)9-10-20-15-8-4-7-14(17)11-15/h4,7-8,11-13H,3,5-6,9-10,17H2,1-2H3/t12-,13+. The number of nitrogens with zero attached hydrogens (tertiary/aromatic N) is 1. The number of benzene rings is 1. The molecule has 1 aromatic rings. The van der Waals surface area contributed by atoms with Crippen molar-refractivity contribution >= 4 is 11.6 Å². The number of likely N-dealkylation sites (tertiary alicyclic amines) is 1. The number of ether oxygens (including phenoxy) is 1. The second-order valence-corrected chi connectivity index (χ2v) is 5.60. The van der Waals surface area contributed by atoms with E-state index in [4.69, 9.17) is 10.5 Å². The fourth-order valence-corrected chi connectivity index (χ4v) is 2.90. The number of anilines is 1. The van der Waals surface area contributed by atoms with E-state index in [2.05, 4.69) is 13.8 Å². The molecule has 4 heteroatoms. The quantitative estimate of drug-likeness (QED) is 0.860. The van der Waals surface area contributed by atoms with E-state index < -0.39 is 0 Å². The Labute approximate surface area is 120 Å². The minimum atomic E-state index is 0.189. The smallest absolute Gasteiger partial charge is 0.226 e. The topological polar surface area (TPSA) is 55.6 Å². The predicted molar refractivity (Wildman–Crippen MR) is 80.6 cm³/mol. The van der Waals surface area contributed by atoms with Crippen molar-refractivity contribution in [3.63, 3.8) is 0 Å². The SMILES string of the molecule is C[C@@H]1CCC[C@H](C)N1C(=O)CCOc1cccc(N)c1. The number of carbonyl (C=O) groups excluding carboxylic acids is 1. The molecule has 0 spiro atoms. The Bertz CT molecular complexity index is 452. The summed E-state index contributed by atoms with van der Waals surface area (Å²) in [4.78, 5) is 14.3. The molecule has 20 heavy (non-hydrogen) atoms. The summed E-state index contributed by atoms with van der Waals surface area (Å²) in [5, 5.41) is 0. The normalized spacial score (nSPS) is 22.6. The van der Waals surface area contributed by atoms with E-state index in [1.807, 2.05) is 23.1 Å². The van der Waals surface area contributed by atoms with Crippen LogP contribution in [0.1, 0.15) is 39.5 Å². The molecule has 0 aliphatic carbocycles. The van der Waals surface area contributed by atoms with Crippen molar-refractivity contribution in [2.24, 2.45) is 0 Å². The number of carbonyl (C=O) groups is 1. The molecule has 0 radical (unpaired) electrons. The van der Waals surface area contributed by atoms with Crippen LogP contribution in [-0.4, -0.2) is 29.5 Å². The van der Waals surface area contributed by atoms with Gasteiger partial charge in [0.2, 0.25) is 5.91 Å². The van der Waals surface area contributed by atoms with Crippen LogP contribution < -0.4 is 10.5 Å². The van der Waals surface area contributed by atoms with Crippen LogP contribution in [-0.2, 0) is 4.79 Å². The van der Waals surface area contributed by atoms with Gasteiger partial charge in [0.1, 0.15) is 5.75 Å². The molecule has 0 aromatic heterocycles. The van der Waals surface area contributed by atoms with Crippen molar-refractivity contribution in [2.45, 2.75) is 51.6 Å². The lowest BCUT2D eigenvalue weighted by Crippen LogP contribution is -2.47. The Kier molecular flexibility index (Phi) is 4.88. The van der Waals surface area contributed by atoms with Gasteiger partial charge in [0.15, 0.2) is 0 Å². The molecule has 2 rings (SSSR count). The first-order valence-corrected chi connectivity index (χ1v) is 7.37. The van der Waals surface area contributed by atoms with E-state index in [0.717, 1.165) is 18.6 Å². The number of hydrogen-bond donors (Lipinski definition) is 1. The number of nitrogens with two attached hydrogens (primary N) is 1. The first-order chi connectivity index (χ1) is 9.58. The lowest BCUT2D eigenvalue weighted by atomic mass is 9.97. The second-order valence-electron chi connectivity index (χ2n) is 5.60. The molecule has 0 bridgehead atoms. The highest BCUT2D eigenvalue weighted by Crippen LogP contribution is 2.23. The molecule has 1 aromatic carbocycles. The molecule has 1 aliphatic heterocycles. The van der Waals surface area contributed by atoms with Crippen LogP contribution in [0.4, 0.5) is 5.69 Å². The summed E-state index contributed by atoms with van der Waals surface area (Å²) in [6, 6.07) is 7.98. The van der Waals surface area contributed by atoms with Gasteiger partial charge >= 0.3 is 0 Å². The van der Waals surface area contributed by atoms with Crippen molar-refractivity contribution < 1.29 is 9.53 Å². The molecule has 1 fully saturated rings. The maximum absolute atomic E-state index is 12.3. The van der Waals surface area contributed by atoms with Crippen LogP contribution in [0.2, 0.25) is 0 Å². The summed E-state index contributed by atoms with van der Waals surface area (Å²) in [6.45, 7) is 4.66. The Balaban J connectivity index is 1.82. The van der Waals surface area contributed by atoms with Gasteiger partial charge in [-0.05, 0) is 45.2 Å². The van der Waals surface area contributed by atoms with Gasteiger partial charge in [-0.25, -0.2) is 0 Å². The van der Waals surface area contributed by atoms with E-state index in [1.54, 1.807) is 6.07 Å². The summed E-state index contributed by atoms with van der Waals surface area (Å²) < 4.78 is 5.59.